The van der Waals surface area contributed by atoms with Gasteiger partial charge in [0.05, 0.1) is 11.1 Å². The highest BCUT2D eigenvalue weighted by molar-refractivity contribution is 7.99. The van der Waals surface area contributed by atoms with E-state index in [9.17, 15) is 14.7 Å². The van der Waals surface area contributed by atoms with Crippen molar-refractivity contribution >= 4 is 23.6 Å². The minimum Gasteiger partial charge on any atom is -0.478 e. The average molecular weight is 293 g/mol. The van der Waals surface area contributed by atoms with Gasteiger partial charge in [-0.2, -0.15) is 11.8 Å². The van der Waals surface area contributed by atoms with Gasteiger partial charge in [0.15, 0.2) is 0 Å². The van der Waals surface area contributed by atoms with Crippen molar-refractivity contribution < 1.29 is 14.7 Å². The molecule has 0 unspecified atom stereocenters. The van der Waals surface area contributed by atoms with Gasteiger partial charge in [0.1, 0.15) is 0 Å². The molecule has 5 heteroatoms. The predicted octanol–water partition coefficient (Wildman–Crippen LogP) is 2.63. The molecular weight excluding hydrogens is 274 g/mol. The maximum absolute atomic E-state index is 12.4. The molecule has 1 aliphatic rings. The number of carboxylic acids is 1. The number of benzene rings is 1. The summed E-state index contributed by atoms with van der Waals surface area (Å²) >= 11 is 1.89. The van der Waals surface area contributed by atoms with Crippen LogP contribution in [0.3, 0.4) is 0 Å². The van der Waals surface area contributed by atoms with Crippen LogP contribution >= 0.6 is 11.8 Å². The summed E-state index contributed by atoms with van der Waals surface area (Å²) in [6.07, 6.45) is 1.90. The van der Waals surface area contributed by atoms with E-state index in [1.807, 2.05) is 11.8 Å². The monoisotopic (exact) mass is 293 g/mol. The lowest BCUT2D eigenvalue weighted by Crippen LogP contribution is -2.38. The summed E-state index contributed by atoms with van der Waals surface area (Å²) in [7, 11) is 0. The van der Waals surface area contributed by atoms with Gasteiger partial charge in [0, 0.05) is 6.04 Å². The number of rotatable bonds is 3. The van der Waals surface area contributed by atoms with Crippen LogP contribution in [0.2, 0.25) is 0 Å². The van der Waals surface area contributed by atoms with E-state index in [0.29, 0.717) is 16.7 Å². The highest BCUT2D eigenvalue weighted by atomic mass is 32.2. The topological polar surface area (TPSA) is 66.4 Å². The summed E-state index contributed by atoms with van der Waals surface area (Å²) in [5.74, 6) is 0.781. The Labute approximate surface area is 123 Å². The molecule has 0 spiro atoms. The fourth-order valence-electron chi connectivity index (χ4n) is 2.48. The molecule has 0 aliphatic carbocycles. The lowest BCUT2D eigenvalue weighted by Gasteiger charge is -2.23. The van der Waals surface area contributed by atoms with E-state index >= 15 is 0 Å². The molecule has 0 atom stereocenters. The molecule has 0 bridgehead atoms. The number of nitrogens with one attached hydrogen (secondary N) is 1. The first-order valence-electron chi connectivity index (χ1n) is 6.73. The zero-order valence-electron chi connectivity index (χ0n) is 11.7. The van der Waals surface area contributed by atoms with Crippen molar-refractivity contribution in [2.24, 2.45) is 0 Å². The van der Waals surface area contributed by atoms with Crippen molar-refractivity contribution in [2.45, 2.75) is 32.7 Å². The second-order valence-electron chi connectivity index (χ2n) is 5.11. The van der Waals surface area contributed by atoms with Gasteiger partial charge in [-0.3, -0.25) is 4.79 Å². The first kappa shape index (κ1) is 14.9. The molecule has 2 N–H and O–H groups in total. The molecule has 0 aromatic heterocycles. The van der Waals surface area contributed by atoms with Crippen LogP contribution in [-0.2, 0) is 0 Å². The van der Waals surface area contributed by atoms with Gasteiger partial charge in [-0.15, -0.1) is 0 Å². The van der Waals surface area contributed by atoms with E-state index in [-0.39, 0.29) is 17.5 Å². The number of aryl methyl sites for hydroxylation is 2. The van der Waals surface area contributed by atoms with Crippen LogP contribution in [0.5, 0.6) is 0 Å². The second-order valence-corrected chi connectivity index (χ2v) is 6.34. The van der Waals surface area contributed by atoms with E-state index in [1.54, 1.807) is 26.0 Å². The van der Waals surface area contributed by atoms with E-state index in [4.69, 9.17) is 0 Å². The number of amides is 1. The normalized spacial score (nSPS) is 15.9. The van der Waals surface area contributed by atoms with Crippen molar-refractivity contribution in [3.63, 3.8) is 0 Å². The summed E-state index contributed by atoms with van der Waals surface area (Å²) in [5.41, 5.74) is 1.74. The van der Waals surface area contributed by atoms with Gasteiger partial charge < -0.3 is 10.4 Å². The molecule has 0 saturated carbocycles. The van der Waals surface area contributed by atoms with Crippen LogP contribution in [0.1, 0.15) is 44.7 Å². The molecule has 1 aromatic carbocycles. The van der Waals surface area contributed by atoms with Crippen molar-refractivity contribution in [3.8, 4) is 0 Å². The number of aromatic carboxylic acids is 1. The lowest BCUT2D eigenvalue weighted by atomic mass is 9.96. The van der Waals surface area contributed by atoms with Crippen molar-refractivity contribution in [2.75, 3.05) is 11.5 Å². The first-order valence-corrected chi connectivity index (χ1v) is 7.88. The van der Waals surface area contributed by atoms with Gasteiger partial charge in [0.2, 0.25) is 0 Å². The standard InChI is InChI=1S/C15H19NO3S/c1-9-3-4-10(2)13(15(18)19)12(9)14(17)16-11-5-7-20-8-6-11/h3-4,11H,5-8H2,1-2H3,(H,16,17)(H,18,19). The minimum atomic E-state index is -1.05. The zero-order chi connectivity index (χ0) is 14.7. The number of thioether (sulfide) groups is 1. The highest BCUT2D eigenvalue weighted by Crippen LogP contribution is 2.21. The number of hydrogen-bond acceptors (Lipinski definition) is 3. The third kappa shape index (κ3) is 3.15. The van der Waals surface area contributed by atoms with Gasteiger partial charge >= 0.3 is 5.97 Å². The molecule has 4 nitrogen and oxygen atoms in total. The van der Waals surface area contributed by atoms with E-state index in [1.165, 1.54) is 0 Å². The number of hydrogen-bond donors (Lipinski definition) is 2. The van der Waals surface area contributed by atoms with Crippen LogP contribution in [0.15, 0.2) is 12.1 Å². The largest absolute Gasteiger partial charge is 0.478 e. The van der Waals surface area contributed by atoms with Crippen LogP contribution in [0.4, 0.5) is 0 Å². The van der Waals surface area contributed by atoms with Crippen molar-refractivity contribution in [1.29, 1.82) is 0 Å². The number of carbonyl (C=O) groups excluding carboxylic acids is 1. The number of carbonyl (C=O) groups is 2. The van der Waals surface area contributed by atoms with Crippen LogP contribution < -0.4 is 5.32 Å². The van der Waals surface area contributed by atoms with Crippen molar-refractivity contribution in [1.82, 2.24) is 5.32 Å². The molecule has 108 valence electrons. The Bertz CT molecular complexity index is 536. The molecule has 1 aromatic rings. The summed E-state index contributed by atoms with van der Waals surface area (Å²) < 4.78 is 0. The summed E-state index contributed by atoms with van der Waals surface area (Å²) in [6.45, 7) is 3.49. The second kappa shape index (κ2) is 6.31. The molecule has 20 heavy (non-hydrogen) atoms. The van der Waals surface area contributed by atoms with E-state index < -0.39 is 5.97 Å². The van der Waals surface area contributed by atoms with Crippen molar-refractivity contribution in [3.05, 3.63) is 34.4 Å². The molecule has 1 aliphatic heterocycles. The molecule has 2 rings (SSSR count). The Kier molecular flexibility index (Phi) is 4.70. The maximum Gasteiger partial charge on any atom is 0.336 e. The Hall–Kier alpha value is -1.49. The molecule has 1 heterocycles. The van der Waals surface area contributed by atoms with Crippen LogP contribution in [0, 0.1) is 13.8 Å². The van der Waals surface area contributed by atoms with Crippen LogP contribution in [0.25, 0.3) is 0 Å². The summed E-state index contributed by atoms with van der Waals surface area (Å²) in [6, 6.07) is 3.70. The third-order valence-electron chi connectivity index (χ3n) is 3.62. The highest BCUT2D eigenvalue weighted by Gasteiger charge is 2.24. The van der Waals surface area contributed by atoms with Gasteiger partial charge in [-0.1, -0.05) is 12.1 Å². The smallest absolute Gasteiger partial charge is 0.336 e. The third-order valence-corrected chi connectivity index (χ3v) is 4.67. The maximum atomic E-state index is 12.4. The quantitative estimate of drug-likeness (QED) is 0.899. The van der Waals surface area contributed by atoms with Gasteiger partial charge in [0.25, 0.3) is 5.91 Å². The summed E-state index contributed by atoms with van der Waals surface area (Å²) in [4.78, 5) is 23.8. The molecular formula is C15H19NO3S. The fourth-order valence-corrected chi connectivity index (χ4v) is 3.59. The zero-order valence-corrected chi connectivity index (χ0v) is 12.5. The van der Waals surface area contributed by atoms with E-state index in [0.717, 1.165) is 24.3 Å². The lowest BCUT2D eigenvalue weighted by molar-refractivity contribution is 0.0689. The molecule has 1 saturated heterocycles. The molecule has 1 fully saturated rings. The van der Waals surface area contributed by atoms with Crippen LogP contribution in [-0.4, -0.2) is 34.5 Å². The fraction of sp³-hybridized carbons (Fsp3) is 0.467. The number of carboxylic acid groups (broad SMARTS) is 1. The predicted molar refractivity (Wildman–Crippen MR) is 80.7 cm³/mol. The van der Waals surface area contributed by atoms with Gasteiger partial charge in [-0.05, 0) is 49.3 Å². The Balaban J connectivity index is 2.28. The molecule has 0 radical (unpaired) electrons. The Morgan fingerprint density at radius 1 is 1.15 bits per heavy atom. The van der Waals surface area contributed by atoms with Gasteiger partial charge in [-0.25, -0.2) is 4.79 Å². The average Bonchev–Trinajstić information content (AvgIpc) is 2.41. The SMILES string of the molecule is Cc1ccc(C)c(C(=O)NC2CCSCC2)c1C(=O)O. The summed E-state index contributed by atoms with van der Waals surface area (Å²) in [5, 5.41) is 12.3. The molecule has 1 amide bonds. The van der Waals surface area contributed by atoms with E-state index in [2.05, 4.69) is 5.32 Å². The first-order chi connectivity index (χ1) is 9.50. The Morgan fingerprint density at radius 3 is 2.25 bits per heavy atom. The minimum absolute atomic E-state index is 0.118. The Morgan fingerprint density at radius 2 is 1.70 bits per heavy atom.